The minimum Gasteiger partial charge on any atom is -0.492 e. The third-order valence-corrected chi connectivity index (χ3v) is 9.66. The fraction of sp³-hybridized carbons (Fsp3) is 0.235. The second-order valence-electron chi connectivity index (χ2n) is 10.1. The normalized spacial score (nSPS) is 11.8. The largest absolute Gasteiger partial charge is 0.492 e. The van der Waals surface area contributed by atoms with E-state index in [1.54, 1.807) is 43.3 Å². The summed E-state index contributed by atoms with van der Waals surface area (Å²) in [6.07, 6.45) is 2.06. The summed E-state index contributed by atoms with van der Waals surface area (Å²) in [5.74, 6) is -1.21. The van der Waals surface area contributed by atoms with Crippen molar-refractivity contribution in [2.75, 3.05) is 30.8 Å². The van der Waals surface area contributed by atoms with Crippen LogP contribution in [0, 0.1) is 5.82 Å². The minimum atomic E-state index is -4.29. The predicted molar refractivity (Wildman–Crippen MR) is 175 cm³/mol. The standard InChI is InChI=1S/C34H36FN3O5S2/c1-4-43-32-13-9-8-12-30(32)38(45(41,42)29-20-18-28(44-3)19-21-29)24-33(39)37(23-26-14-16-27(35)17-15-26)31(34(40)36-2)22-25-10-6-5-7-11-25/h5-21,31H,4,22-24H2,1-3H3,(H,36,40)/t31-/m0/s1. The maximum Gasteiger partial charge on any atom is 0.264 e. The Morgan fingerprint density at radius 3 is 2.16 bits per heavy atom. The van der Waals surface area contributed by atoms with Crippen molar-refractivity contribution < 1.29 is 27.1 Å². The number of nitrogens with zero attached hydrogens (tertiary/aromatic N) is 2. The molecule has 0 fully saturated rings. The first-order valence-corrected chi connectivity index (χ1v) is 17.0. The second kappa shape index (κ2) is 15.6. The van der Waals surface area contributed by atoms with Gasteiger partial charge in [-0.15, -0.1) is 11.8 Å². The van der Waals surface area contributed by atoms with Crippen molar-refractivity contribution in [3.63, 3.8) is 0 Å². The number of halogens is 1. The van der Waals surface area contributed by atoms with Crippen LogP contribution in [-0.2, 0) is 32.6 Å². The van der Waals surface area contributed by atoms with Gasteiger partial charge in [0, 0.05) is 24.9 Å². The molecule has 0 saturated carbocycles. The number of anilines is 1. The monoisotopic (exact) mass is 649 g/mol. The van der Waals surface area contributed by atoms with Crippen LogP contribution in [0.15, 0.2) is 113 Å². The van der Waals surface area contributed by atoms with Crippen LogP contribution in [0.5, 0.6) is 5.75 Å². The van der Waals surface area contributed by atoms with Crippen LogP contribution < -0.4 is 14.4 Å². The number of likely N-dealkylation sites (N-methyl/N-ethyl adjacent to an activating group) is 1. The molecule has 11 heteroatoms. The molecule has 236 valence electrons. The van der Waals surface area contributed by atoms with E-state index in [4.69, 9.17) is 4.74 Å². The minimum absolute atomic E-state index is 0.00313. The molecule has 0 aliphatic rings. The van der Waals surface area contributed by atoms with Crippen LogP contribution in [0.4, 0.5) is 10.1 Å². The third kappa shape index (κ3) is 8.43. The Morgan fingerprint density at radius 2 is 1.53 bits per heavy atom. The number of amides is 2. The van der Waals surface area contributed by atoms with Crippen LogP contribution in [-0.4, -0.2) is 57.6 Å². The molecule has 0 heterocycles. The molecular weight excluding hydrogens is 614 g/mol. The zero-order valence-electron chi connectivity index (χ0n) is 25.4. The van der Waals surface area contributed by atoms with Gasteiger partial charge < -0.3 is 15.0 Å². The van der Waals surface area contributed by atoms with Gasteiger partial charge in [-0.25, -0.2) is 12.8 Å². The van der Waals surface area contributed by atoms with Crippen molar-refractivity contribution in [1.82, 2.24) is 10.2 Å². The number of para-hydroxylation sites is 2. The zero-order chi connectivity index (χ0) is 32.4. The first-order valence-electron chi connectivity index (χ1n) is 14.4. The van der Waals surface area contributed by atoms with Crippen LogP contribution in [0.25, 0.3) is 0 Å². The fourth-order valence-electron chi connectivity index (χ4n) is 4.84. The van der Waals surface area contributed by atoms with Gasteiger partial charge in [-0.2, -0.15) is 0 Å². The van der Waals surface area contributed by atoms with Crippen LogP contribution in [0.1, 0.15) is 18.1 Å². The molecule has 4 aromatic carbocycles. The quantitative estimate of drug-likeness (QED) is 0.181. The fourth-order valence-corrected chi connectivity index (χ4v) is 6.67. The Morgan fingerprint density at radius 1 is 0.889 bits per heavy atom. The smallest absolute Gasteiger partial charge is 0.264 e. The van der Waals surface area contributed by atoms with E-state index in [1.165, 1.54) is 60.1 Å². The van der Waals surface area contributed by atoms with Crippen LogP contribution >= 0.6 is 11.8 Å². The molecule has 0 aromatic heterocycles. The zero-order valence-corrected chi connectivity index (χ0v) is 27.0. The number of thioether (sulfide) groups is 1. The van der Waals surface area contributed by atoms with Gasteiger partial charge in [-0.3, -0.25) is 13.9 Å². The molecule has 8 nitrogen and oxygen atoms in total. The number of sulfonamides is 1. The number of ether oxygens (including phenoxy) is 1. The van der Waals surface area contributed by atoms with E-state index in [9.17, 15) is 22.4 Å². The molecule has 0 unspecified atom stereocenters. The summed E-state index contributed by atoms with van der Waals surface area (Å²) in [7, 11) is -2.81. The lowest BCUT2D eigenvalue weighted by Gasteiger charge is -2.34. The van der Waals surface area contributed by atoms with E-state index in [2.05, 4.69) is 5.32 Å². The summed E-state index contributed by atoms with van der Waals surface area (Å²) < 4.78 is 49.1. The first-order chi connectivity index (χ1) is 21.7. The van der Waals surface area contributed by atoms with E-state index >= 15 is 0 Å². The highest BCUT2D eigenvalue weighted by atomic mass is 32.2. The number of rotatable bonds is 14. The summed E-state index contributed by atoms with van der Waals surface area (Å²) in [6, 6.07) is 26.9. The number of carbonyl (C=O) groups is 2. The molecule has 4 rings (SSSR count). The molecular formula is C34H36FN3O5S2. The summed E-state index contributed by atoms with van der Waals surface area (Å²) in [5, 5.41) is 2.65. The van der Waals surface area contributed by atoms with Crippen LogP contribution in [0.3, 0.4) is 0 Å². The Balaban J connectivity index is 1.82. The van der Waals surface area contributed by atoms with Gasteiger partial charge in [0.25, 0.3) is 10.0 Å². The molecule has 1 N–H and O–H groups in total. The van der Waals surface area contributed by atoms with Crippen molar-refractivity contribution in [3.8, 4) is 5.75 Å². The Bertz CT molecular complexity index is 1690. The molecule has 45 heavy (non-hydrogen) atoms. The molecule has 0 spiro atoms. The maximum absolute atomic E-state index is 14.4. The molecule has 0 radical (unpaired) electrons. The van der Waals surface area contributed by atoms with Crippen molar-refractivity contribution >= 4 is 39.3 Å². The average Bonchev–Trinajstić information content (AvgIpc) is 3.06. The van der Waals surface area contributed by atoms with Gasteiger partial charge in [0.1, 0.15) is 24.2 Å². The van der Waals surface area contributed by atoms with E-state index < -0.39 is 40.2 Å². The average molecular weight is 650 g/mol. The van der Waals surface area contributed by atoms with Gasteiger partial charge in [0.05, 0.1) is 17.2 Å². The van der Waals surface area contributed by atoms with E-state index in [0.717, 1.165) is 14.8 Å². The summed E-state index contributed by atoms with van der Waals surface area (Å²) >= 11 is 1.48. The molecule has 0 aliphatic carbocycles. The second-order valence-corrected chi connectivity index (χ2v) is 12.8. The van der Waals surface area contributed by atoms with Gasteiger partial charge >= 0.3 is 0 Å². The molecule has 1 atom stereocenters. The molecule has 0 saturated heterocycles. The lowest BCUT2D eigenvalue weighted by Crippen LogP contribution is -2.53. The maximum atomic E-state index is 14.4. The number of carbonyl (C=O) groups excluding carboxylic acids is 2. The first kappa shape index (κ1) is 33.5. The van der Waals surface area contributed by atoms with Gasteiger partial charge in [-0.05, 0) is 72.8 Å². The van der Waals surface area contributed by atoms with E-state index in [0.29, 0.717) is 5.56 Å². The molecule has 2 amide bonds. The van der Waals surface area contributed by atoms with Crippen molar-refractivity contribution in [3.05, 3.63) is 120 Å². The van der Waals surface area contributed by atoms with Gasteiger partial charge in [-0.1, -0.05) is 54.6 Å². The van der Waals surface area contributed by atoms with E-state index in [-0.39, 0.29) is 35.9 Å². The predicted octanol–water partition coefficient (Wildman–Crippen LogP) is 5.53. The highest BCUT2D eigenvalue weighted by Gasteiger charge is 2.35. The topological polar surface area (TPSA) is 96.0 Å². The lowest BCUT2D eigenvalue weighted by molar-refractivity contribution is -0.139. The Kier molecular flexibility index (Phi) is 11.6. The van der Waals surface area contributed by atoms with Crippen molar-refractivity contribution in [1.29, 1.82) is 0 Å². The van der Waals surface area contributed by atoms with Gasteiger partial charge in [0.2, 0.25) is 11.8 Å². The molecule has 0 bridgehead atoms. The Labute approximate surface area is 268 Å². The summed E-state index contributed by atoms with van der Waals surface area (Å²) in [5.41, 5.74) is 1.56. The lowest BCUT2D eigenvalue weighted by atomic mass is 10.0. The molecule has 0 aliphatic heterocycles. The SMILES string of the molecule is CCOc1ccccc1N(CC(=O)N(Cc1ccc(F)cc1)[C@@H](Cc1ccccc1)C(=O)NC)S(=O)(=O)c1ccc(SC)cc1. The summed E-state index contributed by atoms with van der Waals surface area (Å²) in [4.78, 5) is 30.0. The highest BCUT2D eigenvalue weighted by Crippen LogP contribution is 2.33. The van der Waals surface area contributed by atoms with Crippen LogP contribution in [0.2, 0.25) is 0 Å². The molecule has 4 aromatic rings. The third-order valence-electron chi connectivity index (χ3n) is 7.14. The number of nitrogens with one attached hydrogen (secondary N) is 1. The summed E-state index contributed by atoms with van der Waals surface area (Å²) in [6.45, 7) is 1.37. The number of hydrogen-bond acceptors (Lipinski definition) is 6. The number of benzene rings is 4. The highest BCUT2D eigenvalue weighted by molar-refractivity contribution is 7.98. The Hall–Kier alpha value is -4.35. The van der Waals surface area contributed by atoms with E-state index in [1.807, 2.05) is 36.6 Å². The number of hydrogen-bond donors (Lipinski definition) is 1. The van der Waals surface area contributed by atoms with Gasteiger partial charge in [0.15, 0.2) is 0 Å². The van der Waals surface area contributed by atoms with Crippen molar-refractivity contribution in [2.45, 2.75) is 35.7 Å². The van der Waals surface area contributed by atoms with Crippen molar-refractivity contribution in [2.24, 2.45) is 0 Å².